The lowest BCUT2D eigenvalue weighted by atomic mass is 9.89. The molecular formula is C19H24F2N2O4. The summed E-state index contributed by atoms with van der Waals surface area (Å²) in [6.07, 6.45) is 1.18. The highest BCUT2D eigenvalue weighted by atomic mass is 19.1. The van der Waals surface area contributed by atoms with Crippen LogP contribution >= 0.6 is 0 Å². The zero-order valence-corrected chi connectivity index (χ0v) is 15.4. The van der Waals surface area contributed by atoms with Crippen LogP contribution < -0.4 is 5.32 Å². The molecule has 1 saturated heterocycles. The van der Waals surface area contributed by atoms with Crippen LogP contribution in [0.4, 0.5) is 8.78 Å². The average Bonchev–Trinajstić information content (AvgIpc) is 2.61. The zero-order chi connectivity index (χ0) is 20.2. The highest BCUT2D eigenvalue weighted by Gasteiger charge is 2.30. The summed E-state index contributed by atoms with van der Waals surface area (Å²) in [6, 6.07) is 2.83. The number of carbonyl (C=O) groups is 3. The van der Waals surface area contributed by atoms with Gasteiger partial charge in [-0.25, -0.2) is 8.78 Å². The molecule has 0 aromatic heterocycles. The molecule has 2 rings (SSSR count). The molecule has 1 aliphatic heterocycles. The number of halogens is 2. The molecular weight excluding hydrogens is 358 g/mol. The number of nitrogens with one attached hydrogen (secondary N) is 1. The Morgan fingerprint density at radius 2 is 1.85 bits per heavy atom. The molecule has 0 aliphatic carbocycles. The fourth-order valence-corrected chi connectivity index (χ4v) is 2.93. The van der Waals surface area contributed by atoms with Gasteiger partial charge in [0.2, 0.25) is 5.91 Å². The first-order valence-electron chi connectivity index (χ1n) is 8.87. The second kappa shape index (κ2) is 8.45. The van der Waals surface area contributed by atoms with E-state index in [4.69, 9.17) is 5.11 Å². The predicted octanol–water partition coefficient (Wildman–Crippen LogP) is 2.43. The zero-order valence-electron chi connectivity index (χ0n) is 15.4. The van der Waals surface area contributed by atoms with Gasteiger partial charge in [0.05, 0.1) is 11.0 Å². The van der Waals surface area contributed by atoms with Crippen LogP contribution in [0.1, 0.15) is 43.5 Å². The van der Waals surface area contributed by atoms with E-state index in [0.717, 1.165) is 12.1 Å². The molecule has 0 saturated carbocycles. The maximum absolute atomic E-state index is 13.8. The number of carboxylic acid groups (broad SMARTS) is 1. The highest BCUT2D eigenvalue weighted by Crippen LogP contribution is 2.22. The number of hydrogen-bond donors (Lipinski definition) is 2. The van der Waals surface area contributed by atoms with Gasteiger partial charge in [-0.3, -0.25) is 14.4 Å². The molecule has 1 aromatic rings. The van der Waals surface area contributed by atoms with Crippen LogP contribution in [0.2, 0.25) is 0 Å². The number of likely N-dealkylation sites (tertiary alicyclic amines) is 1. The van der Waals surface area contributed by atoms with E-state index in [9.17, 15) is 23.2 Å². The molecule has 27 heavy (non-hydrogen) atoms. The topological polar surface area (TPSA) is 86.7 Å². The molecule has 2 N–H and O–H groups in total. The van der Waals surface area contributed by atoms with Gasteiger partial charge in [-0.2, -0.15) is 0 Å². The van der Waals surface area contributed by atoms with Crippen LogP contribution in [0.5, 0.6) is 0 Å². The van der Waals surface area contributed by atoms with Gasteiger partial charge >= 0.3 is 5.97 Å². The maximum Gasteiger partial charge on any atom is 0.309 e. The predicted molar refractivity (Wildman–Crippen MR) is 94.0 cm³/mol. The van der Waals surface area contributed by atoms with Crippen LogP contribution in [-0.4, -0.2) is 47.4 Å². The number of carboxylic acids is 1. The quantitative estimate of drug-likeness (QED) is 0.791. The summed E-state index contributed by atoms with van der Waals surface area (Å²) in [4.78, 5) is 37.1. The van der Waals surface area contributed by atoms with Crippen molar-refractivity contribution in [3.63, 3.8) is 0 Å². The Kier molecular flexibility index (Phi) is 6.51. The Morgan fingerprint density at radius 3 is 2.41 bits per heavy atom. The highest BCUT2D eigenvalue weighted by molar-refractivity contribution is 5.94. The summed E-state index contributed by atoms with van der Waals surface area (Å²) >= 11 is 0. The van der Waals surface area contributed by atoms with Crippen molar-refractivity contribution in [3.8, 4) is 0 Å². The summed E-state index contributed by atoms with van der Waals surface area (Å²) in [5.41, 5.74) is -1.10. The lowest BCUT2D eigenvalue weighted by Gasteiger charge is -2.31. The Bertz CT molecular complexity index is 728. The number of aliphatic carboxylic acids is 1. The lowest BCUT2D eigenvalue weighted by Crippen LogP contribution is -2.43. The van der Waals surface area contributed by atoms with Crippen molar-refractivity contribution >= 4 is 17.8 Å². The van der Waals surface area contributed by atoms with Crippen molar-refractivity contribution in [2.75, 3.05) is 19.6 Å². The number of piperidine rings is 1. The van der Waals surface area contributed by atoms with Crippen LogP contribution in [0.25, 0.3) is 0 Å². The summed E-state index contributed by atoms with van der Waals surface area (Å²) in [7, 11) is 0. The fourth-order valence-electron chi connectivity index (χ4n) is 2.93. The Morgan fingerprint density at radius 1 is 1.22 bits per heavy atom. The molecule has 1 aliphatic rings. The minimum absolute atomic E-state index is 0.170. The van der Waals surface area contributed by atoms with Crippen molar-refractivity contribution in [2.24, 2.45) is 11.3 Å². The van der Waals surface area contributed by atoms with E-state index in [0.29, 0.717) is 38.4 Å². The molecule has 8 heteroatoms. The Labute approximate surface area is 156 Å². The normalized spacial score (nSPS) is 15.5. The lowest BCUT2D eigenvalue weighted by molar-refractivity contribution is -0.147. The standard InChI is InChI=1S/C19H24F2N2O4/c1-19(2,18(26)27)7-8-22-16(24)12-5-9-23(10-6-12)17(25)14-4-3-13(20)11-15(14)21/h3-4,11-12H,5-10H2,1-2H3,(H,22,24)(H,26,27). The molecule has 148 valence electrons. The van der Waals surface area contributed by atoms with Crippen molar-refractivity contribution in [3.05, 3.63) is 35.4 Å². The first-order valence-corrected chi connectivity index (χ1v) is 8.87. The van der Waals surface area contributed by atoms with E-state index in [2.05, 4.69) is 5.32 Å². The van der Waals surface area contributed by atoms with Gasteiger partial charge in [0.1, 0.15) is 11.6 Å². The largest absolute Gasteiger partial charge is 0.481 e. The van der Waals surface area contributed by atoms with Crippen LogP contribution in [0, 0.1) is 23.0 Å². The molecule has 0 bridgehead atoms. The molecule has 0 radical (unpaired) electrons. The molecule has 0 unspecified atom stereocenters. The van der Waals surface area contributed by atoms with Gasteiger partial charge in [-0.05, 0) is 45.2 Å². The smallest absolute Gasteiger partial charge is 0.309 e. The van der Waals surface area contributed by atoms with E-state index in [1.165, 1.54) is 4.90 Å². The number of nitrogens with zero attached hydrogens (tertiary/aromatic N) is 1. The summed E-state index contributed by atoms with van der Waals surface area (Å²) in [6.45, 7) is 4.06. The molecule has 6 nitrogen and oxygen atoms in total. The number of carbonyl (C=O) groups excluding carboxylic acids is 2. The van der Waals surface area contributed by atoms with Gasteiger partial charge in [0, 0.05) is 31.6 Å². The first kappa shape index (κ1) is 20.8. The minimum Gasteiger partial charge on any atom is -0.481 e. The molecule has 0 atom stereocenters. The molecule has 1 heterocycles. The van der Waals surface area contributed by atoms with E-state index >= 15 is 0 Å². The number of amides is 2. The van der Waals surface area contributed by atoms with Gasteiger partial charge < -0.3 is 15.3 Å². The average molecular weight is 382 g/mol. The van der Waals surface area contributed by atoms with Crippen molar-refractivity contribution in [1.82, 2.24) is 10.2 Å². The monoisotopic (exact) mass is 382 g/mol. The number of hydrogen-bond acceptors (Lipinski definition) is 3. The van der Waals surface area contributed by atoms with Gasteiger partial charge in [0.15, 0.2) is 0 Å². The van der Waals surface area contributed by atoms with Crippen molar-refractivity contribution in [1.29, 1.82) is 0 Å². The van der Waals surface area contributed by atoms with Gasteiger partial charge in [0.25, 0.3) is 5.91 Å². The molecule has 1 fully saturated rings. The first-order chi connectivity index (χ1) is 12.6. The summed E-state index contributed by atoms with van der Waals surface area (Å²) < 4.78 is 26.7. The van der Waals surface area contributed by atoms with E-state index in [1.54, 1.807) is 13.8 Å². The fraction of sp³-hybridized carbons (Fsp3) is 0.526. The summed E-state index contributed by atoms with van der Waals surface area (Å²) in [5, 5.41) is 11.8. The molecule has 1 aromatic carbocycles. The number of benzene rings is 1. The van der Waals surface area contributed by atoms with Gasteiger partial charge in [-0.1, -0.05) is 0 Å². The Hall–Kier alpha value is -2.51. The van der Waals surface area contributed by atoms with E-state index in [-0.39, 0.29) is 23.9 Å². The van der Waals surface area contributed by atoms with Crippen LogP contribution in [0.15, 0.2) is 18.2 Å². The SMILES string of the molecule is CC(C)(CCNC(=O)C1CCN(C(=O)c2ccc(F)cc2F)CC1)C(=O)O. The second-order valence-electron chi connectivity index (χ2n) is 7.42. The minimum atomic E-state index is -0.920. The van der Waals surface area contributed by atoms with Crippen LogP contribution in [0.3, 0.4) is 0 Å². The van der Waals surface area contributed by atoms with E-state index < -0.39 is 28.9 Å². The number of rotatable bonds is 6. The van der Waals surface area contributed by atoms with Crippen LogP contribution in [-0.2, 0) is 9.59 Å². The molecule has 2 amide bonds. The van der Waals surface area contributed by atoms with Crippen molar-refractivity contribution < 1.29 is 28.3 Å². The molecule has 0 spiro atoms. The maximum atomic E-state index is 13.8. The second-order valence-corrected chi connectivity index (χ2v) is 7.42. The van der Waals surface area contributed by atoms with Crippen molar-refractivity contribution in [2.45, 2.75) is 33.1 Å². The third-order valence-electron chi connectivity index (χ3n) is 4.94. The third kappa shape index (κ3) is 5.24. The summed E-state index contributed by atoms with van der Waals surface area (Å²) in [5.74, 6) is -3.53. The Balaban J connectivity index is 1.83. The van der Waals surface area contributed by atoms with E-state index in [1.807, 2.05) is 0 Å². The third-order valence-corrected chi connectivity index (χ3v) is 4.94. The van der Waals surface area contributed by atoms with Gasteiger partial charge in [-0.15, -0.1) is 0 Å².